The molecule has 1 aliphatic rings. The normalized spacial score (nSPS) is 14.1. The number of nitrogens with zero attached hydrogens (tertiary/aromatic N) is 2. The summed E-state index contributed by atoms with van der Waals surface area (Å²) in [4.78, 5) is 15.0. The quantitative estimate of drug-likeness (QED) is 0.228. The van der Waals surface area contributed by atoms with Crippen LogP contribution >= 0.6 is 11.6 Å². The molecule has 38 heavy (non-hydrogen) atoms. The molecule has 0 amide bonds. The van der Waals surface area contributed by atoms with Crippen molar-refractivity contribution >= 4 is 17.4 Å². The average Bonchev–Trinajstić information content (AvgIpc) is 3.37. The predicted molar refractivity (Wildman–Crippen MR) is 152 cm³/mol. The van der Waals surface area contributed by atoms with Crippen molar-refractivity contribution in [3.8, 4) is 17.6 Å². The van der Waals surface area contributed by atoms with Gasteiger partial charge >= 0.3 is 0 Å². The minimum absolute atomic E-state index is 0.0982. The van der Waals surface area contributed by atoms with Crippen LogP contribution in [0.1, 0.15) is 74.6 Å². The molecule has 1 aliphatic heterocycles. The van der Waals surface area contributed by atoms with Crippen molar-refractivity contribution < 1.29 is 14.1 Å². The molecule has 2 heterocycles. The number of piperidine rings is 1. The molecule has 0 aliphatic carbocycles. The number of ketones is 1. The highest BCUT2D eigenvalue weighted by atomic mass is 35.5. The highest BCUT2D eigenvalue weighted by molar-refractivity contribution is 6.32. The van der Waals surface area contributed by atoms with Gasteiger partial charge in [0, 0.05) is 35.6 Å². The zero-order valence-electron chi connectivity index (χ0n) is 22.7. The molecule has 200 valence electrons. The second kappa shape index (κ2) is 13.1. The van der Waals surface area contributed by atoms with Gasteiger partial charge in [0.2, 0.25) is 0 Å². The molecule has 0 radical (unpaired) electrons. The molecule has 4 rings (SSSR count). The van der Waals surface area contributed by atoms with Crippen LogP contribution in [0.4, 0.5) is 0 Å². The maximum atomic E-state index is 12.5. The summed E-state index contributed by atoms with van der Waals surface area (Å²) < 4.78 is 11.3. The van der Waals surface area contributed by atoms with Crippen LogP contribution in [-0.4, -0.2) is 42.1 Å². The Morgan fingerprint density at radius 2 is 1.71 bits per heavy atom. The third kappa shape index (κ3) is 8.48. The van der Waals surface area contributed by atoms with E-state index >= 15 is 0 Å². The van der Waals surface area contributed by atoms with E-state index in [1.54, 1.807) is 0 Å². The molecule has 6 heteroatoms. The number of likely N-dealkylation sites (tertiary alicyclic amines) is 1. The predicted octanol–water partition coefficient (Wildman–Crippen LogP) is 6.63. The van der Waals surface area contributed by atoms with Crippen LogP contribution in [0, 0.1) is 11.8 Å². The van der Waals surface area contributed by atoms with Crippen LogP contribution in [0.5, 0.6) is 5.75 Å². The molecule has 2 aromatic carbocycles. The van der Waals surface area contributed by atoms with Gasteiger partial charge in [0.25, 0.3) is 0 Å². The Morgan fingerprint density at radius 1 is 1.00 bits per heavy atom. The zero-order valence-corrected chi connectivity index (χ0v) is 23.4. The van der Waals surface area contributed by atoms with Gasteiger partial charge in [0.1, 0.15) is 17.3 Å². The van der Waals surface area contributed by atoms with Gasteiger partial charge in [-0.25, -0.2) is 0 Å². The summed E-state index contributed by atoms with van der Waals surface area (Å²) in [7, 11) is 0. The first-order valence-electron chi connectivity index (χ1n) is 13.5. The van der Waals surface area contributed by atoms with Crippen molar-refractivity contribution in [2.45, 2.75) is 64.7 Å². The van der Waals surface area contributed by atoms with Gasteiger partial charge in [-0.1, -0.05) is 67.9 Å². The fraction of sp³-hybridized carbons (Fsp3) is 0.438. The van der Waals surface area contributed by atoms with Gasteiger partial charge in [-0.05, 0) is 68.2 Å². The molecule has 1 aromatic heterocycles. The number of carbonyl (C=O) groups excluding carboxylic acids is 1. The molecule has 1 saturated heterocycles. The van der Waals surface area contributed by atoms with Gasteiger partial charge in [-0.2, -0.15) is 0 Å². The molecule has 0 spiro atoms. The number of ether oxygens (including phenoxy) is 1. The molecule has 0 N–H and O–H groups in total. The molecule has 0 bridgehead atoms. The first kappa shape index (κ1) is 28.0. The summed E-state index contributed by atoms with van der Waals surface area (Å²) in [6.45, 7) is 10.3. The number of hydrogen-bond donors (Lipinski definition) is 0. The lowest BCUT2D eigenvalue weighted by Gasteiger charge is -2.26. The largest absolute Gasteiger partial charge is 0.492 e. The lowest BCUT2D eigenvalue weighted by atomic mass is 9.93. The van der Waals surface area contributed by atoms with Crippen molar-refractivity contribution in [3.63, 3.8) is 0 Å². The number of Topliss-reactive ketones (excluding diaryl/α,β-unsaturated/α-hetero) is 1. The van der Waals surface area contributed by atoms with Crippen LogP contribution in [0.3, 0.4) is 0 Å². The van der Waals surface area contributed by atoms with E-state index in [1.807, 2.05) is 48.5 Å². The first-order chi connectivity index (χ1) is 18.3. The lowest BCUT2D eigenvalue weighted by molar-refractivity contribution is -0.117. The molecular formula is C32H37ClN2O3. The van der Waals surface area contributed by atoms with E-state index in [0.29, 0.717) is 29.5 Å². The maximum Gasteiger partial charge on any atom is 0.143 e. The number of benzene rings is 2. The fourth-order valence-electron chi connectivity index (χ4n) is 4.44. The molecular weight excluding hydrogens is 496 g/mol. The monoisotopic (exact) mass is 532 g/mol. The van der Waals surface area contributed by atoms with Crippen LogP contribution < -0.4 is 4.74 Å². The molecule has 5 nitrogen and oxygen atoms in total. The van der Waals surface area contributed by atoms with E-state index in [2.05, 4.69) is 42.7 Å². The standard InChI is InChI=1S/C32H37ClN2O3/c1-32(2,3)31-23-27(34-38-31)22-28(36)20-25-11-8-24(9-12-25)10-13-26-14-15-30(29(33)21-26)37-19-7-18-35-16-5-4-6-17-35/h8-9,11-12,14-15,21,23H,4-7,16-20,22H2,1-3H3. The van der Waals surface area contributed by atoms with Gasteiger partial charge in [-0.15, -0.1) is 0 Å². The maximum absolute atomic E-state index is 12.5. The minimum Gasteiger partial charge on any atom is -0.492 e. The number of aromatic nitrogens is 1. The number of halogens is 1. The minimum atomic E-state index is -0.126. The second-order valence-corrected chi connectivity index (χ2v) is 11.4. The summed E-state index contributed by atoms with van der Waals surface area (Å²) in [5.41, 5.74) is 3.21. The van der Waals surface area contributed by atoms with E-state index in [4.69, 9.17) is 20.9 Å². The van der Waals surface area contributed by atoms with Crippen molar-refractivity contribution in [1.82, 2.24) is 10.1 Å². The van der Waals surface area contributed by atoms with Crippen LogP contribution in [0.15, 0.2) is 53.1 Å². The summed E-state index contributed by atoms with van der Waals surface area (Å²) in [6, 6.07) is 15.3. The number of carbonyl (C=O) groups is 1. The Balaban J connectivity index is 1.24. The molecule has 3 aromatic rings. The van der Waals surface area contributed by atoms with E-state index in [0.717, 1.165) is 35.4 Å². The van der Waals surface area contributed by atoms with Gasteiger partial charge < -0.3 is 14.2 Å². The van der Waals surface area contributed by atoms with E-state index < -0.39 is 0 Å². The lowest BCUT2D eigenvalue weighted by Crippen LogP contribution is -2.31. The Hall–Kier alpha value is -3.07. The van der Waals surface area contributed by atoms with Crippen molar-refractivity contribution in [2.75, 3.05) is 26.2 Å². The molecule has 0 saturated carbocycles. The van der Waals surface area contributed by atoms with Gasteiger partial charge in [0.05, 0.1) is 23.7 Å². The third-order valence-corrected chi connectivity index (χ3v) is 6.94. The number of rotatable bonds is 9. The number of hydrogen-bond acceptors (Lipinski definition) is 5. The third-order valence-electron chi connectivity index (χ3n) is 6.64. The summed E-state index contributed by atoms with van der Waals surface area (Å²) in [6.07, 6.45) is 5.58. The smallest absolute Gasteiger partial charge is 0.143 e. The van der Waals surface area contributed by atoms with Crippen LogP contribution in [0.25, 0.3) is 0 Å². The highest BCUT2D eigenvalue weighted by Crippen LogP contribution is 2.26. The average molecular weight is 533 g/mol. The SMILES string of the molecule is CC(C)(C)c1cc(CC(=O)Cc2ccc(C#Cc3ccc(OCCCN4CCCCC4)c(Cl)c3)cc2)no1. The Morgan fingerprint density at radius 3 is 2.39 bits per heavy atom. The second-order valence-electron chi connectivity index (χ2n) is 11.0. The first-order valence-corrected chi connectivity index (χ1v) is 13.9. The van der Waals surface area contributed by atoms with Crippen molar-refractivity contribution in [2.24, 2.45) is 0 Å². The fourth-order valence-corrected chi connectivity index (χ4v) is 4.68. The van der Waals surface area contributed by atoms with E-state index in [9.17, 15) is 4.79 Å². The van der Waals surface area contributed by atoms with Crippen LogP contribution in [-0.2, 0) is 23.1 Å². The van der Waals surface area contributed by atoms with E-state index in [-0.39, 0.29) is 17.6 Å². The van der Waals surface area contributed by atoms with Gasteiger partial charge in [-0.3, -0.25) is 4.79 Å². The topological polar surface area (TPSA) is 55.6 Å². The Kier molecular flexibility index (Phi) is 9.66. The Bertz CT molecular complexity index is 1270. The van der Waals surface area contributed by atoms with Crippen molar-refractivity contribution in [1.29, 1.82) is 0 Å². The molecule has 0 unspecified atom stereocenters. The van der Waals surface area contributed by atoms with Crippen LogP contribution in [0.2, 0.25) is 5.02 Å². The highest BCUT2D eigenvalue weighted by Gasteiger charge is 2.20. The molecule has 0 atom stereocenters. The Labute approximate surface area is 231 Å². The zero-order chi connectivity index (χ0) is 27.0. The van der Waals surface area contributed by atoms with Gasteiger partial charge in [0.15, 0.2) is 0 Å². The molecule has 1 fully saturated rings. The van der Waals surface area contributed by atoms with Crippen molar-refractivity contribution in [3.05, 3.63) is 81.7 Å². The summed E-state index contributed by atoms with van der Waals surface area (Å²) in [5.74, 6) is 7.92. The van der Waals surface area contributed by atoms with E-state index in [1.165, 1.54) is 32.4 Å². The summed E-state index contributed by atoms with van der Waals surface area (Å²) in [5, 5.41) is 4.62. The summed E-state index contributed by atoms with van der Waals surface area (Å²) >= 11 is 6.44.